The molecule has 0 bridgehead atoms. The van der Waals surface area contributed by atoms with Gasteiger partial charge in [-0.2, -0.15) is 18.4 Å². The SMILES string of the molecule is COc1cc2c(cc1OCCN1CCOCC1)ncn2C1=CC(OCc2ccccc2C(F)(F)F)C(=S)C(C#N)=C1. The Labute approximate surface area is 240 Å². The highest BCUT2D eigenvalue weighted by Gasteiger charge is 2.33. The van der Waals surface area contributed by atoms with Gasteiger partial charge in [-0.05, 0) is 23.8 Å². The summed E-state index contributed by atoms with van der Waals surface area (Å²) in [6.07, 6.45) is -0.566. The van der Waals surface area contributed by atoms with Gasteiger partial charge in [-0.3, -0.25) is 9.47 Å². The van der Waals surface area contributed by atoms with Crippen molar-refractivity contribution < 1.29 is 32.1 Å². The first-order valence-electron chi connectivity index (χ1n) is 12.9. The maximum atomic E-state index is 13.5. The van der Waals surface area contributed by atoms with Crippen molar-refractivity contribution in [3.63, 3.8) is 0 Å². The Morgan fingerprint density at radius 1 is 1.17 bits per heavy atom. The Morgan fingerprint density at radius 3 is 2.68 bits per heavy atom. The number of halogens is 3. The van der Waals surface area contributed by atoms with Crippen molar-refractivity contribution in [2.24, 2.45) is 0 Å². The van der Waals surface area contributed by atoms with Gasteiger partial charge in [-0.15, -0.1) is 0 Å². The maximum absolute atomic E-state index is 13.5. The molecule has 12 heteroatoms. The molecule has 1 saturated heterocycles. The van der Waals surface area contributed by atoms with Gasteiger partial charge in [-0.1, -0.05) is 30.4 Å². The van der Waals surface area contributed by atoms with Gasteiger partial charge in [0.2, 0.25) is 0 Å². The molecule has 5 rings (SSSR count). The molecule has 1 atom stereocenters. The number of hydrogen-bond acceptors (Lipinski definition) is 8. The van der Waals surface area contributed by atoms with Gasteiger partial charge in [0, 0.05) is 37.5 Å². The molecule has 2 aliphatic rings. The smallest absolute Gasteiger partial charge is 0.416 e. The molecular weight excluding hydrogens is 557 g/mol. The minimum atomic E-state index is -4.52. The van der Waals surface area contributed by atoms with Crippen molar-refractivity contribution in [2.45, 2.75) is 18.9 Å². The van der Waals surface area contributed by atoms with E-state index in [1.165, 1.54) is 18.2 Å². The van der Waals surface area contributed by atoms with E-state index in [2.05, 4.69) is 16.0 Å². The number of fused-ring (bicyclic) bond motifs is 1. The molecule has 3 aromatic rings. The van der Waals surface area contributed by atoms with E-state index in [1.54, 1.807) is 42.3 Å². The first kappa shape index (κ1) is 28.8. The summed E-state index contributed by atoms with van der Waals surface area (Å²) in [7, 11) is 1.55. The highest BCUT2D eigenvalue weighted by molar-refractivity contribution is 7.81. The summed E-state index contributed by atoms with van der Waals surface area (Å²) in [5.74, 6) is 1.06. The van der Waals surface area contributed by atoms with E-state index in [9.17, 15) is 18.4 Å². The van der Waals surface area contributed by atoms with Crippen LogP contribution >= 0.6 is 12.2 Å². The summed E-state index contributed by atoms with van der Waals surface area (Å²) in [5, 5.41) is 9.73. The minimum absolute atomic E-state index is 0.0234. The molecule has 1 unspecified atom stereocenters. The third kappa shape index (κ3) is 6.44. The second-order valence-electron chi connectivity index (χ2n) is 9.42. The number of hydrogen-bond donors (Lipinski definition) is 0. The monoisotopic (exact) mass is 584 g/mol. The average molecular weight is 585 g/mol. The van der Waals surface area contributed by atoms with Crippen LogP contribution in [0.25, 0.3) is 16.7 Å². The largest absolute Gasteiger partial charge is 0.493 e. The van der Waals surface area contributed by atoms with Crippen LogP contribution in [-0.2, 0) is 22.3 Å². The number of alkyl halides is 3. The number of ether oxygens (including phenoxy) is 4. The third-order valence-electron chi connectivity index (χ3n) is 6.88. The van der Waals surface area contributed by atoms with Crippen LogP contribution < -0.4 is 9.47 Å². The standard InChI is InChI=1S/C29H27F3N4O4S/c1-37-25-15-24-23(14-26(25)39-11-8-35-6-9-38-10-7-35)34-18-36(24)21-12-20(16-33)28(41)27(13-21)40-17-19-4-2-3-5-22(19)29(30,31)32/h2-5,12-15,18,27H,6-11,17H2,1H3. The molecule has 1 fully saturated rings. The first-order chi connectivity index (χ1) is 19.8. The summed E-state index contributed by atoms with van der Waals surface area (Å²) in [4.78, 5) is 6.96. The topological polar surface area (TPSA) is 81.8 Å². The number of methoxy groups -OCH3 is 1. The maximum Gasteiger partial charge on any atom is 0.416 e. The molecule has 2 heterocycles. The van der Waals surface area contributed by atoms with Gasteiger partial charge < -0.3 is 18.9 Å². The van der Waals surface area contributed by atoms with Crippen molar-refractivity contribution in [1.29, 1.82) is 5.26 Å². The van der Waals surface area contributed by atoms with Gasteiger partial charge >= 0.3 is 6.18 Å². The number of benzene rings is 2. The van der Waals surface area contributed by atoms with Gasteiger partial charge in [0.1, 0.15) is 25.1 Å². The number of thiocarbonyl (C=S) groups is 1. The van der Waals surface area contributed by atoms with E-state index < -0.39 is 17.8 Å². The summed E-state index contributed by atoms with van der Waals surface area (Å²) in [5.41, 5.74) is 1.22. The number of imidazole rings is 1. The lowest BCUT2D eigenvalue weighted by molar-refractivity contribution is -0.138. The number of allylic oxidation sites excluding steroid dienone is 2. The van der Waals surface area contributed by atoms with Crippen LogP contribution in [0.15, 0.2) is 60.5 Å². The Morgan fingerprint density at radius 2 is 1.95 bits per heavy atom. The lowest BCUT2D eigenvalue weighted by atomic mass is 10.0. The normalized spacial score (nSPS) is 18.1. The molecule has 8 nitrogen and oxygen atoms in total. The number of nitrogens with zero attached hydrogens (tertiary/aromatic N) is 4. The molecule has 0 N–H and O–H groups in total. The fraction of sp³-hybridized carbons (Fsp3) is 0.345. The Kier molecular flexibility index (Phi) is 8.70. The molecule has 41 heavy (non-hydrogen) atoms. The van der Waals surface area contributed by atoms with Gasteiger partial charge in [0.25, 0.3) is 0 Å². The minimum Gasteiger partial charge on any atom is -0.493 e. The number of aromatic nitrogens is 2. The molecule has 1 aliphatic carbocycles. The van der Waals surface area contributed by atoms with E-state index in [1.807, 2.05) is 0 Å². The highest BCUT2D eigenvalue weighted by atomic mass is 32.1. The first-order valence-corrected chi connectivity index (χ1v) is 13.3. The van der Waals surface area contributed by atoms with Crippen LogP contribution in [0.4, 0.5) is 13.2 Å². The summed E-state index contributed by atoms with van der Waals surface area (Å²) in [6, 6.07) is 10.8. The molecule has 2 aromatic carbocycles. The zero-order valence-corrected chi connectivity index (χ0v) is 23.0. The second-order valence-corrected chi connectivity index (χ2v) is 9.86. The molecule has 0 spiro atoms. The lowest BCUT2D eigenvalue weighted by Crippen LogP contribution is -2.38. The zero-order chi connectivity index (χ0) is 29.0. The fourth-order valence-electron chi connectivity index (χ4n) is 4.72. The highest BCUT2D eigenvalue weighted by Crippen LogP contribution is 2.35. The van der Waals surface area contributed by atoms with E-state index >= 15 is 0 Å². The molecule has 214 valence electrons. The molecule has 0 saturated carbocycles. The van der Waals surface area contributed by atoms with E-state index in [0.717, 1.165) is 25.7 Å². The predicted octanol–water partition coefficient (Wildman–Crippen LogP) is 5.03. The van der Waals surface area contributed by atoms with Crippen molar-refractivity contribution in [2.75, 3.05) is 46.6 Å². The van der Waals surface area contributed by atoms with Crippen LogP contribution in [0, 0.1) is 11.3 Å². The Balaban J connectivity index is 1.38. The summed E-state index contributed by atoms with van der Waals surface area (Å²) >= 11 is 5.44. The third-order valence-corrected chi connectivity index (χ3v) is 7.33. The summed E-state index contributed by atoms with van der Waals surface area (Å²) < 4.78 is 65.0. The van der Waals surface area contributed by atoms with E-state index in [-0.39, 0.29) is 22.6 Å². The van der Waals surface area contributed by atoms with Crippen molar-refractivity contribution in [3.05, 3.63) is 71.6 Å². The molecular formula is C29H27F3N4O4S. The predicted molar refractivity (Wildman–Crippen MR) is 150 cm³/mol. The molecule has 0 radical (unpaired) electrons. The van der Waals surface area contributed by atoms with Gasteiger partial charge in [0.15, 0.2) is 11.5 Å². The number of morpholine rings is 1. The van der Waals surface area contributed by atoms with Crippen molar-refractivity contribution in [3.8, 4) is 17.6 Å². The van der Waals surface area contributed by atoms with Gasteiger partial charge in [0.05, 0.1) is 54.0 Å². The van der Waals surface area contributed by atoms with Crippen LogP contribution in [0.3, 0.4) is 0 Å². The quantitative estimate of drug-likeness (QED) is 0.324. The van der Waals surface area contributed by atoms with Gasteiger partial charge in [-0.25, -0.2) is 4.98 Å². The zero-order valence-electron chi connectivity index (χ0n) is 22.2. The Bertz CT molecular complexity index is 1540. The van der Waals surface area contributed by atoms with Crippen LogP contribution in [0.2, 0.25) is 0 Å². The number of nitriles is 1. The summed E-state index contributed by atoms with van der Waals surface area (Å²) in [6.45, 7) is 4.02. The molecule has 1 aliphatic heterocycles. The average Bonchev–Trinajstić information content (AvgIpc) is 3.39. The number of rotatable bonds is 9. The molecule has 0 amide bonds. The second kappa shape index (κ2) is 12.4. The Hall–Kier alpha value is -3.76. The van der Waals surface area contributed by atoms with Crippen LogP contribution in [0.1, 0.15) is 11.1 Å². The van der Waals surface area contributed by atoms with Crippen LogP contribution in [0.5, 0.6) is 11.5 Å². The van der Waals surface area contributed by atoms with E-state index in [0.29, 0.717) is 48.1 Å². The van der Waals surface area contributed by atoms with Crippen molar-refractivity contribution in [1.82, 2.24) is 14.5 Å². The molecule has 1 aromatic heterocycles. The fourth-order valence-corrected chi connectivity index (χ4v) is 4.96. The van der Waals surface area contributed by atoms with Crippen molar-refractivity contribution >= 4 is 33.8 Å². The lowest BCUT2D eigenvalue weighted by Gasteiger charge is -2.26. The van der Waals surface area contributed by atoms with E-state index in [4.69, 9.17) is 31.2 Å². The van der Waals surface area contributed by atoms with Crippen LogP contribution in [-0.4, -0.2) is 72.0 Å².